The maximum absolute atomic E-state index is 12.9. The number of furan rings is 1. The molecule has 29 heavy (non-hydrogen) atoms. The summed E-state index contributed by atoms with van der Waals surface area (Å²) in [4.78, 5) is 21.7. The quantitative estimate of drug-likeness (QED) is 0.424. The van der Waals surface area contributed by atoms with Crippen molar-refractivity contribution in [2.45, 2.75) is 24.2 Å². The molecule has 2 aromatic heterocycles. The molecule has 0 spiro atoms. The van der Waals surface area contributed by atoms with Gasteiger partial charge in [0.05, 0.1) is 11.1 Å². The summed E-state index contributed by atoms with van der Waals surface area (Å²) in [5.74, 6) is -0.408. The van der Waals surface area contributed by atoms with E-state index in [0.29, 0.717) is 16.9 Å². The monoisotopic (exact) mass is 417 g/mol. The first-order valence-corrected chi connectivity index (χ1v) is 10.5. The number of carbonyl (C=O) groups is 1. The number of fused-ring (bicyclic) bond motifs is 1. The minimum absolute atomic E-state index is 0.0382. The van der Waals surface area contributed by atoms with Crippen LogP contribution < -0.4 is 15.1 Å². The van der Waals surface area contributed by atoms with Gasteiger partial charge in [0.1, 0.15) is 17.6 Å². The third-order valence-electron chi connectivity index (χ3n) is 4.72. The largest absolute Gasteiger partial charge is 0.451 e. The highest BCUT2D eigenvalue weighted by molar-refractivity contribution is 7.92. The van der Waals surface area contributed by atoms with Crippen LogP contribution in [0.25, 0.3) is 11.0 Å². The number of hydroxylamine groups is 1. The zero-order valence-electron chi connectivity index (χ0n) is 15.3. The number of carbonyl (C=O) groups excluding carboxylic acids is 1. The van der Waals surface area contributed by atoms with Gasteiger partial charge >= 0.3 is 5.91 Å². The van der Waals surface area contributed by atoms with E-state index >= 15 is 0 Å². The van der Waals surface area contributed by atoms with Crippen molar-refractivity contribution in [2.24, 2.45) is 0 Å². The minimum atomic E-state index is -3.95. The molecule has 4 rings (SSSR count). The molecule has 11 heteroatoms. The fraction of sp³-hybridized carbons (Fsp3) is 0.278. The molecule has 3 aromatic rings. The van der Waals surface area contributed by atoms with Crippen LogP contribution in [0.2, 0.25) is 0 Å². The SMILES string of the molecule is O=C(NO)c1cc2ccc(S(=O)(=O)Nc3cncnc3N3CCCCC3)cc2o1. The van der Waals surface area contributed by atoms with Gasteiger partial charge in [0.15, 0.2) is 11.6 Å². The summed E-state index contributed by atoms with van der Waals surface area (Å²) in [6.45, 7) is 1.61. The van der Waals surface area contributed by atoms with Crippen molar-refractivity contribution in [3.05, 3.63) is 42.5 Å². The number of hydrogen-bond donors (Lipinski definition) is 3. The fourth-order valence-corrected chi connectivity index (χ4v) is 4.36. The number of hydrogen-bond acceptors (Lipinski definition) is 8. The Morgan fingerprint density at radius 3 is 2.72 bits per heavy atom. The summed E-state index contributed by atoms with van der Waals surface area (Å²) in [7, 11) is -3.95. The molecule has 1 amide bonds. The number of nitrogens with zero attached hydrogens (tertiary/aromatic N) is 3. The summed E-state index contributed by atoms with van der Waals surface area (Å²) in [5.41, 5.74) is 1.98. The van der Waals surface area contributed by atoms with Crippen LogP contribution in [0.5, 0.6) is 0 Å². The molecule has 0 bridgehead atoms. The van der Waals surface area contributed by atoms with Crippen molar-refractivity contribution in [3.63, 3.8) is 0 Å². The minimum Gasteiger partial charge on any atom is -0.451 e. The van der Waals surface area contributed by atoms with Crippen LogP contribution in [-0.4, -0.2) is 42.6 Å². The molecule has 10 nitrogen and oxygen atoms in total. The van der Waals surface area contributed by atoms with Crippen LogP contribution >= 0.6 is 0 Å². The Morgan fingerprint density at radius 1 is 1.17 bits per heavy atom. The van der Waals surface area contributed by atoms with Gasteiger partial charge in [-0.25, -0.2) is 23.9 Å². The number of piperidine rings is 1. The van der Waals surface area contributed by atoms with Crippen LogP contribution in [0.4, 0.5) is 11.5 Å². The predicted molar refractivity (Wildman–Crippen MR) is 104 cm³/mol. The summed E-state index contributed by atoms with van der Waals surface area (Å²) >= 11 is 0. The van der Waals surface area contributed by atoms with Crippen LogP contribution in [0.15, 0.2) is 46.1 Å². The first kappa shape index (κ1) is 19.2. The summed E-state index contributed by atoms with van der Waals surface area (Å²) in [6.07, 6.45) is 6.01. The highest BCUT2D eigenvalue weighted by Crippen LogP contribution is 2.29. The Balaban J connectivity index is 1.65. The number of nitrogens with one attached hydrogen (secondary N) is 2. The molecule has 0 atom stereocenters. The summed E-state index contributed by atoms with van der Waals surface area (Å²) in [6, 6.07) is 5.65. The Hall–Kier alpha value is -3.18. The summed E-state index contributed by atoms with van der Waals surface area (Å²) < 4.78 is 33.7. The van der Waals surface area contributed by atoms with E-state index in [0.717, 1.165) is 32.4 Å². The lowest BCUT2D eigenvalue weighted by atomic mass is 10.1. The second-order valence-electron chi connectivity index (χ2n) is 6.66. The van der Waals surface area contributed by atoms with Crippen molar-refractivity contribution in [1.82, 2.24) is 15.4 Å². The molecule has 0 aliphatic carbocycles. The Kier molecular flexibility index (Phi) is 5.07. The van der Waals surface area contributed by atoms with E-state index in [-0.39, 0.29) is 16.2 Å². The average Bonchev–Trinajstić information content (AvgIpc) is 3.17. The molecule has 1 aromatic carbocycles. The van der Waals surface area contributed by atoms with Gasteiger partial charge in [-0.05, 0) is 37.5 Å². The Bertz CT molecular complexity index is 1150. The molecule has 1 saturated heterocycles. The van der Waals surface area contributed by atoms with Crippen molar-refractivity contribution < 1.29 is 22.8 Å². The van der Waals surface area contributed by atoms with Crippen molar-refractivity contribution in [3.8, 4) is 0 Å². The molecule has 3 N–H and O–H groups in total. The molecule has 0 saturated carbocycles. The van der Waals surface area contributed by atoms with Gasteiger partial charge in [-0.15, -0.1) is 0 Å². The van der Waals surface area contributed by atoms with Crippen LogP contribution in [0, 0.1) is 0 Å². The van der Waals surface area contributed by atoms with Gasteiger partial charge < -0.3 is 9.32 Å². The van der Waals surface area contributed by atoms with E-state index in [1.807, 2.05) is 4.90 Å². The van der Waals surface area contributed by atoms with E-state index in [9.17, 15) is 13.2 Å². The molecule has 1 fully saturated rings. The van der Waals surface area contributed by atoms with E-state index in [1.165, 1.54) is 42.3 Å². The number of rotatable bonds is 5. The maximum Gasteiger partial charge on any atom is 0.310 e. The first-order valence-electron chi connectivity index (χ1n) is 9.04. The number of anilines is 2. The second kappa shape index (κ2) is 7.68. The third-order valence-corrected chi connectivity index (χ3v) is 6.08. The van der Waals surface area contributed by atoms with Crippen LogP contribution in [-0.2, 0) is 10.0 Å². The van der Waals surface area contributed by atoms with Gasteiger partial charge in [0.2, 0.25) is 0 Å². The standard InChI is InChI=1S/C18H19N5O5S/c24-18(21-25)16-8-12-4-5-13(9-15(12)28-16)29(26,27)22-14-10-19-11-20-17(14)23-6-2-1-3-7-23/h4-5,8-11,22,25H,1-3,6-7H2,(H,21,24). The highest BCUT2D eigenvalue weighted by atomic mass is 32.2. The topological polar surface area (TPSA) is 138 Å². The fourth-order valence-electron chi connectivity index (χ4n) is 3.30. The Labute approximate surface area is 166 Å². The zero-order valence-corrected chi connectivity index (χ0v) is 16.1. The second-order valence-corrected chi connectivity index (χ2v) is 8.35. The smallest absolute Gasteiger partial charge is 0.310 e. The van der Waals surface area contributed by atoms with Gasteiger partial charge in [-0.3, -0.25) is 14.7 Å². The molecule has 1 aliphatic heterocycles. The van der Waals surface area contributed by atoms with Gasteiger partial charge in [0, 0.05) is 24.5 Å². The molecule has 1 aliphatic rings. The van der Waals surface area contributed by atoms with Crippen molar-refractivity contribution in [2.75, 3.05) is 22.7 Å². The maximum atomic E-state index is 12.9. The molecule has 3 heterocycles. The summed E-state index contributed by atoms with van der Waals surface area (Å²) in [5, 5.41) is 9.24. The molecule has 0 radical (unpaired) electrons. The Morgan fingerprint density at radius 2 is 1.97 bits per heavy atom. The van der Waals surface area contributed by atoms with Gasteiger partial charge in [0.25, 0.3) is 10.0 Å². The number of sulfonamides is 1. The lowest BCUT2D eigenvalue weighted by Gasteiger charge is -2.29. The van der Waals surface area contributed by atoms with Gasteiger partial charge in [-0.1, -0.05) is 0 Å². The molecular formula is C18H19N5O5S. The van der Waals surface area contributed by atoms with Gasteiger partial charge in [-0.2, -0.15) is 0 Å². The number of aromatic nitrogens is 2. The molecule has 152 valence electrons. The third kappa shape index (κ3) is 3.87. The normalized spacial score (nSPS) is 14.7. The molecular weight excluding hydrogens is 398 g/mol. The van der Waals surface area contributed by atoms with E-state index in [4.69, 9.17) is 9.62 Å². The number of benzene rings is 1. The number of amides is 1. The van der Waals surface area contributed by atoms with E-state index < -0.39 is 15.9 Å². The lowest BCUT2D eigenvalue weighted by molar-refractivity contribution is 0.0678. The first-order chi connectivity index (χ1) is 14.0. The lowest BCUT2D eigenvalue weighted by Crippen LogP contribution is -2.31. The molecule has 0 unspecified atom stereocenters. The van der Waals surface area contributed by atoms with E-state index in [1.54, 1.807) is 0 Å². The van der Waals surface area contributed by atoms with E-state index in [2.05, 4.69) is 14.7 Å². The predicted octanol–water partition coefficient (Wildman–Crippen LogP) is 2.13. The van der Waals surface area contributed by atoms with Crippen LogP contribution in [0.3, 0.4) is 0 Å². The highest BCUT2D eigenvalue weighted by Gasteiger charge is 2.22. The zero-order chi connectivity index (χ0) is 20.4. The van der Waals surface area contributed by atoms with Crippen molar-refractivity contribution >= 4 is 38.4 Å². The van der Waals surface area contributed by atoms with Crippen LogP contribution in [0.1, 0.15) is 29.8 Å². The van der Waals surface area contributed by atoms with Crippen molar-refractivity contribution in [1.29, 1.82) is 0 Å². The average molecular weight is 417 g/mol.